The summed E-state index contributed by atoms with van der Waals surface area (Å²) in [5, 5.41) is 0. The van der Waals surface area contributed by atoms with Gasteiger partial charge in [0.25, 0.3) is 0 Å². The highest BCUT2D eigenvalue weighted by Gasteiger charge is 2.54. The van der Waals surface area contributed by atoms with Crippen LogP contribution < -0.4 is 0 Å². The lowest BCUT2D eigenvalue weighted by molar-refractivity contribution is -0.321. The molecule has 160 valence electrons. The molecule has 5 heteroatoms. The second-order valence-corrected chi connectivity index (χ2v) is 8.31. The van der Waals surface area contributed by atoms with Gasteiger partial charge in [0.15, 0.2) is 11.9 Å². The highest BCUT2D eigenvalue weighted by molar-refractivity contribution is 5.30. The van der Waals surface area contributed by atoms with Gasteiger partial charge in [-0.1, -0.05) is 70.2 Å². The summed E-state index contributed by atoms with van der Waals surface area (Å²) in [5.74, 6) is 0.942. The van der Waals surface area contributed by atoms with E-state index in [2.05, 4.69) is 13.8 Å². The van der Waals surface area contributed by atoms with Gasteiger partial charge in [0.2, 0.25) is 0 Å². The fourth-order valence-electron chi connectivity index (χ4n) is 3.91. The molecule has 1 aliphatic rings. The van der Waals surface area contributed by atoms with Gasteiger partial charge in [0, 0.05) is 6.61 Å². The number of benzene rings is 1. The van der Waals surface area contributed by atoms with Crippen molar-refractivity contribution in [2.24, 2.45) is 5.92 Å². The van der Waals surface area contributed by atoms with Gasteiger partial charge in [0.1, 0.15) is 0 Å². The standard InChI is InChI=1S/C23H35F3O2/c1-5-17(2)20-11-13-21(14-12-20)22(4,23(24,25)26)28-18(3)27-16-15-19-9-7-6-8-10-19/h11-14,17-19H,5-10,15-16H2,1-4H3. The molecule has 1 saturated carbocycles. The van der Waals surface area contributed by atoms with Crippen molar-refractivity contribution in [1.29, 1.82) is 0 Å². The summed E-state index contributed by atoms with van der Waals surface area (Å²) in [4.78, 5) is 0. The van der Waals surface area contributed by atoms with Crippen LogP contribution in [0.1, 0.15) is 89.7 Å². The first-order valence-corrected chi connectivity index (χ1v) is 10.6. The molecule has 3 atom stereocenters. The Kier molecular flexibility index (Phi) is 8.38. The summed E-state index contributed by atoms with van der Waals surface area (Å²) in [6.45, 7) is 7.21. The van der Waals surface area contributed by atoms with Crippen LogP contribution in [0.4, 0.5) is 13.2 Å². The number of halogens is 3. The number of rotatable bonds is 9. The lowest BCUT2D eigenvalue weighted by atomic mass is 9.87. The largest absolute Gasteiger partial charge is 0.421 e. The van der Waals surface area contributed by atoms with Crippen molar-refractivity contribution in [3.63, 3.8) is 0 Å². The van der Waals surface area contributed by atoms with E-state index in [4.69, 9.17) is 9.47 Å². The van der Waals surface area contributed by atoms with Gasteiger partial charge in [-0.2, -0.15) is 13.2 Å². The summed E-state index contributed by atoms with van der Waals surface area (Å²) in [6, 6.07) is 6.60. The van der Waals surface area contributed by atoms with E-state index in [-0.39, 0.29) is 5.56 Å². The van der Waals surface area contributed by atoms with Gasteiger partial charge in [-0.3, -0.25) is 0 Å². The Balaban J connectivity index is 2.01. The van der Waals surface area contributed by atoms with Crippen molar-refractivity contribution < 1.29 is 22.6 Å². The lowest BCUT2D eigenvalue weighted by Gasteiger charge is -2.35. The smallest absolute Gasteiger partial charge is 0.353 e. The third-order valence-electron chi connectivity index (χ3n) is 6.19. The van der Waals surface area contributed by atoms with E-state index in [1.165, 1.54) is 44.2 Å². The van der Waals surface area contributed by atoms with E-state index < -0.39 is 18.1 Å². The zero-order valence-electron chi connectivity index (χ0n) is 17.6. The number of hydrogen-bond donors (Lipinski definition) is 0. The molecule has 0 N–H and O–H groups in total. The Labute approximate surface area is 167 Å². The second kappa shape index (κ2) is 10.1. The Hall–Kier alpha value is -1.07. The molecule has 28 heavy (non-hydrogen) atoms. The maximum atomic E-state index is 13.9. The maximum absolute atomic E-state index is 13.9. The van der Waals surface area contributed by atoms with Gasteiger partial charge in [-0.25, -0.2) is 0 Å². The summed E-state index contributed by atoms with van der Waals surface area (Å²) in [7, 11) is 0. The van der Waals surface area contributed by atoms with Crippen LogP contribution in [0.15, 0.2) is 24.3 Å². The average molecular weight is 401 g/mol. The first-order valence-electron chi connectivity index (χ1n) is 10.6. The summed E-state index contributed by atoms with van der Waals surface area (Å²) in [5.41, 5.74) is -1.26. The van der Waals surface area contributed by atoms with E-state index >= 15 is 0 Å². The molecule has 0 bridgehead atoms. The fraction of sp³-hybridized carbons (Fsp3) is 0.739. The number of ether oxygens (including phenoxy) is 2. The zero-order chi connectivity index (χ0) is 20.8. The molecule has 1 aromatic carbocycles. The van der Waals surface area contributed by atoms with E-state index in [1.807, 2.05) is 0 Å². The minimum absolute atomic E-state index is 0.106. The van der Waals surface area contributed by atoms with E-state index in [1.54, 1.807) is 19.1 Å². The minimum atomic E-state index is -4.54. The Morgan fingerprint density at radius 2 is 1.64 bits per heavy atom. The molecule has 2 rings (SSSR count). The summed E-state index contributed by atoms with van der Waals surface area (Å²) in [6.07, 6.45) is 2.54. The molecular weight excluding hydrogens is 365 g/mol. The van der Waals surface area contributed by atoms with E-state index in [0.29, 0.717) is 18.4 Å². The molecule has 1 aromatic rings. The van der Waals surface area contributed by atoms with Crippen LogP contribution in [0.2, 0.25) is 0 Å². The molecule has 1 aliphatic carbocycles. The minimum Gasteiger partial charge on any atom is -0.353 e. The fourth-order valence-corrected chi connectivity index (χ4v) is 3.91. The number of hydrogen-bond acceptors (Lipinski definition) is 2. The Morgan fingerprint density at radius 3 is 2.18 bits per heavy atom. The molecule has 0 aliphatic heterocycles. The Bertz CT molecular complexity index is 579. The molecule has 1 fully saturated rings. The lowest BCUT2D eigenvalue weighted by Crippen LogP contribution is -2.44. The molecule has 0 saturated heterocycles. The van der Waals surface area contributed by atoms with E-state index in [0.717, 1.165) is 25.3 Å². The molecule has 0 amide bonds. The molecule has 0 radical (unpaired) electrons. The predicted octanol–water partition coefficient (Wildman–Crippen LogP) is 7.33. The van der Waals surface area contributed by atoms with Crippen molar-refractivity contribution >= 4 is 0 Å². The van der Waals surface area contributed by atoms with Crippen LogP contribution in [0.25, 0.3) is 0 Å². The molecule has 3 unspecified atom stereocenters. The van der Waals surface area contributed by atoms with Gasteiger partial charge in [-0.15, -0.1) is 0 Å². The van der Waals surface area contributed by atoms with Gasteiger partial charge < -0.3 is 9.47 Å². The van der Waals surface area contributed by atoms with Crippen LogP contribution in [0.3, 0.4) is 0 Å². The summed E-state index contributed by atoms with van der Waals surface area (Å²) >= 11 is 0. The highest BCUT2D eigenvalue weighted by atomic mass is 19.4. The van der Waals surface area contributed by atoms with Crippen LogP contribution in [-0.4, -0.2) is 19.1 Å². The van der Waals surface area contributed by atoms with Crippen molar-refractivity contribution in [2.45, 2.75) is 96.6 Å². The van der Waals surface area contributed by atoms with Crippen LogP contribution >= 0.6 is 0 Å². The molecule has 0 aromatic heterocycles. The first kappa shape index (κ1) is 23.2. The molecule has 0 spiro atoms. The predicted molar refractivity (Wildman–Crippen MR) is 106 cm³/mol. The van der Waals surface area contributed by atoms with Gasteiger partial charge in [-0.05, 0) is 49.7 Å². The molecular formula is C23H35F3O2. The van der Waals surface area contributed by atoms with Crippen LogP contribution in [-0.2, 0) is 15.1 Å². The number of alkyl halides is 3. The molecule has 2 nitrogen and oxygen atoms in total. The van der Waals surface area contributed by atoms with Crippen LogP contribution in [0.5, 0.6) is 0 Å². The van der Waals surface area contributed by atoms with Gasteiger partial charge in [0.05, 0.1) is 0 Å². The van der Waals surface area contributed by atoms with E-state index in [9.17, 15) is 13.2 Å². The SMILES string of the molecule is CCC(C)c1ccc(C(C)(OC(C)OCCC2CCCCC2)C(F)(F)F)cc1. The maximum Gasteiger partial charge on any atom is 0.421 e. The topological polar surface area (TPSA) is 18.5 Å². The van der Waals surface area contributed by atoms with Crippen molar-refractivity contribution in [1.82, 2.24) is 0 Å². The van der Waals surface area contributed by atoms with Gasteiger partial charge >= 0.3 is 6.18 Å². The normalized spacial score (nSPS) is 20.5. The first-order chi connectivity index (χ1) is 13.2. The van der Waals surface area contributed by atoms with Crippen molar-refractivity contribution in [3.8, 4) is 0 Å². The average Bonchev–Trinajstić information content (AvgIpc) is 2.67. The second-order valence-electron chi connectivity index (χ2n) is 8.31. The Morgan fingerprint density at radius 1 is 1.04 bits per heavy atom. The monoisotopic (exact) mass is 400 g/mol. The molecule has 0 heterocycles. The van der Waals surface area contributed by atoms with Crippen molar-refractivity contribution in [2.75, 3.05) is 6.61 Å². The zero-order valence-corrected chi connectivity index (χ0v) is 17.6. The van der Waals surface area contributed by atoms with Crippen molar-refractivity contribution in [3.05, 3.63) is 35.4 Å². The summed E-state index contributed by atoms with van der Waals surface area (Å²) < 4.78 is 52.8. The highest BCUT2D eigenvalue weighted by Crippen LogP contribution is 2.43. The third kappa shape index (κ3) is 5.96. The third-order valence-corrected chi connectivity index (χ3v) is 6.19. The quantitative estimate of drug-likeness (QED) is 0.404. The van der Waals surface area contributed by atoms with Crippen LogP contribution in [0, 0.1) is 5.92 Å².